The lowest BCUT2D eigenvalue weighted by Gasteiger charge is -2.08. The zero-order valence-corrected chi connectivity index (χ0v) is 8.36. The molecule has 0 amide bonds. The summed E-state index contributed by atoms with van der Waals surface area (Å²) in [6.07, 6.45) is 9.90. The minimum absolute atomic E-state index is 0.362. The van der Waals surface area contributed by atoms with Crippen LogP contribution in [-0.2, 0) is 0 Å². The first kappa shape index (κ1) is 8.92. The second-order valence-corrected chi connectivity index (χ2v) is 3.47. The fourth-order valence-corrected chi connectivity index (χ4v) is 1.60. The van der Waals surface area contributed by atoms with Crippen molar-refractivity contribution < 1.29 is 0 Å². The van der Waals surface area contributed by atoms with Crippen LogP contribution in [0.5, 0.6) is 0 Å². The first-order chi connectivity index (χ1) is 6.77. The molecule has 2 rings (SSSR count). The van der Waals surface area contributed by atoms with E-state index in [9.17, 15) is 0 Å². The Balaban J connectivity index is 2.50. The van der Waals surface area contributed by atoms with E-state index in [4.69, 9.17) is 0 Å². The van der Waals surface area contributed by atoms with E-state index in [0.29, 0.717) is 5.92 Å². The zero-order chi connectivity index (χ0) is 9.97. The van der Waals surface area contributed by atoms with Crippen LogP contribution in [0.4, 0.5) is 0 Å². The van der Waals surface area contributed by atoms with E-state index in [2.05, 4.69) is 29.0 Å². The van der Waals surface area contributed by atoms with Gasteiger partial charge < -0.3 is 0 Å². The third-order valence-corrected chi connectivity index (χ3v) is 2.29. The molecule has 2 heteroatoms. The average molecular weight is 184 g/mol. The summed E-state index contributed by atoms with van der Waals surface area (Å²) in [4.78, 5) is 0. The van der Waals surface area contributed by atoms with Crippen LogP contribution in [0.3, 0.4) is 0 Å². The van der Waals surface area contributed by atoms with Crippen LogP contribution in [0.2, 0.25) is 0 Å². The van der Waals surface area contributed by atoms with E-state index in [-0.39, 0.29) is 0 Å². The van der Waals surface area contributed by atoms with E-state index >= 15 is 0 Å². The van der Waals surface area contributed by atoms with Crippen LogP contribution in [-0.4, -0.2) is 0 Å². The maximum atomic E-state index is 4.19. The van der Waals surface area contributed by atoms with Crippen molar-refractivity contribution in [1.82, 2.24) is 0 Å². The second-order valence-electron chi connectivity index (χ2n) is 3.47. The third kappa shape index (κ3) is 1.66. The molecule has 0 aromatic carbocycles. The summed E-state index contributed by atoms with van der Waals surface area (Å²) in [6, 6.07) is 0. The molecule has 0 saturated carbocycles. The van der Waals surface area contributed by atoms with Gasteiger partial charge >= 0.3 is 0 Å². The van der Waals surface area contributed by atoms with Gasteiger partial charge in [-0.25, -0.2) is 0 Å². The number of rotatable bonds is 0. The molecule has 1 unspecified atom stereocenters. The molecule has 0 bridgehead atoms. The van der Waals surface area contributed by atoms with Crippen LogP contribution in [0.1, 0.15) is 13.8 Å². The summed E-state index contributed by atoms with van der Waals surface area (Å²) in [5.74, 6) is 0.362. The molecule has 0 N–H and O–H groups in total. The summed E-state index contributed by atoms with van der Waals surface area (Å²) < 4.78 is 0. The number of nitrogens with zero attached hydrogens (tertiary/aromatic N) is 2. The van der Waals surface area contributed by atoms with E-state index in [1.807, 2.05) is 31.2 Å². The number of hydrogen-bond donors (Lipinski definition) is 0. The molecule has 0 saturated heterocycles. The van der Waals surface area contributed by atoms with Crippen molar-refractivity contribution in [2.75, 3.05) is 0 Å². The highest BCUT2D eigenvalue weighted by Crippen LogP contribution is 2.28. The van der Waals surface area contributed by atoms with Crippen LogP contribution < -0.4 is 0 Å². The molecule has 0 fully saturated rings. The van der Waals surface area contributed by atoms with Crippen molar-refractivity contribution in [3.05, 3.63) is 53.1 Å². The standard InChI is InChI=1S/C12H12N2/c1-9-8-10(2)13-14-12-7-5-3-4-6-11(9)12/h4-9H,1-2H3. The third-order valence-electron chi connectivity index (χ3n) is 2.29. The Hall–Kier alpha value is -1.66. The number of hydrogen-bond acceptors (Lipinski definition) is 2. The molecule has 14 heavy (non-hydrogen) atoms. The maximum Gasteiger partial charge on any atom is 0.0901 e. The van der Waals surface area contributed by atoms with Gasteiger partial charge in [0.25, 0.3) is 0 Å². The van der Waals surface area contributed by atoms with Crippen LogP contribution in [0.15, 0.2) is 63.3 Å². The Labute approximate surface area is 83.7 Å². The predicted molar refractivity (Wildman–Crippen MR) is 56.6 cm³/mol. The van der Waals surface area contributed by atoms with Crippen LogP contribution in [0.25, 0.3) is 0 Å². The van der Waals surface area contributed by atoms with E-state index < -0.39 is 0 Å². The van der Waals surface area contributed by atoms with Gasteiger partial charge in [0.2, 0.25) is 0 Å². The largest absolute Gasteiger partial charge is 0.156 e. The molecule has 1 atom stereocenters. The molecule has 70 valence electrons. The van der Waals surface area contributed by atoms with E-state index in [1.54, 1.807) is 0 Å². The first-order valence-corrected chi connectivity index (χ1v) is 4.71. The van der Waals surface area contributed by atoms with Crippen molar-refractivity contribution in [2.24, 2.45) is 16.1 Å². The van der Waals surface area contributed by atoms with Crippen molar-refractivity contribution in [1.29, 1.82) is 0 Å². The van der Waals surface area contributed by atoms with Crippen molar-refractivity contribution in [3.63, 3.8) is 0 Å². The quantitative estimate of drug-likeness (QED) is 0.514. The highest BCUT2D eigenvalue weighted by atomic mass is 15.1. The van der Waals surface area contributed by atoms with Gasteiger partial charge in [0.05, 0.1) is 11.4 Å². The molecular weight excluding hydrogens is 172 g/mol. The lowest BCUT2D eigenvalue weighted by atomic mass is 9.97. The Morgan fingerprint density at radius 1 is 1.21 bits per heavy atom. The Morgan fingerprint density at radius 2 is 2.00 bits per heavy atom. The predicted octanol–water partition coefficient (Wildman–Crippen LogP) is 3.53. The maximum absolute atomic E-state index is 4.19. The van der Waals surface area contributed by atoms with Gasteiger partial charge in [-0.3, -0.25) is 0 Å². The summed E-state index contributed by atoms with van der Waals surface area (Å²) in [5.41, 5.74) is 6.14. The minimum atomic E-state index is 0.362. The first-order valence-electron chi connectivity index (χ1n) is 4.71. The Morgan fingerprint density at radius 3 is 2.86 bits per heavy atom. The zero-order valence-electron chi connectivity index (χ0n) is 8.36. The van der Waals surface area contributed by atoms with Crippen molar-refractivity contribution in [2.45, 2.75) is 13.8 Å². The van der Waals surface area contributed by atoms with E-state index in [1.165, 1.54) is 5.57 Å². The molecule has 1 heterocycles. The fraction of sp³-hybridized carbons (Fsp3) is 0.250. The SMILES string of the molecule is CC1=CC(C)C2=CC=C=CC=C2N=N1. The smallest absolute Gasteiger partial charge is 0.0901 e. The topological polar surface area (TPSA) is 24.7 Å². The lowest BCUT2D eigenvalue weighted by Crippen LogP contribution is -1.96. The molecular formula is C12H12N2. The second kappa shape index (κ2) is 3.60. The number of allylic oxidation sites excluding steroid dienone is 6. The molecule has 1 aliphatic heterocycles. The summed E-state index contributed by atoms with van der Waals surface area (Å²) in [5, 5.41) is 8.31. The minimum Gasteiger partial charge on any atom is -0.156 e. The highest BCUT2D eigenvalue weighted by Gasteiger charge is 2.14. The highest BCUT2D eigenvalue weighted by molar-refractivity contribution is 5.41. The van der Waals surface area contributed by atoms with Gasteiger partial charge in [0.1, 0.15) is 0 Å². The van der Waals surface area contributed by atoms with Gasteiger partial charge in [-0.05, 0) is 36.8 Å². The van der Waals surface area contributed by atoms with Crippen molar-refractivity contribution >= 4 is 0 Å². The van der Waals surface area contributed by atoms with Gasteiger partial charge in [0, 0.05) is 5.92 Å². The summed E-state index contributed by atoms with van der Waals surface area (Å²) >= 11 is 0. The Bertz CT molecular complexity index is 427. The molecule has 0 aromatic heterocycles. The van der Waals surface area contributed by atoms with Gasteiger partial charge in [0.15, 0.2) is 0 Å². The van der Waals surface area contributed by atoms with Crippen LogP contribution >= 0.6 is 0 Å². The van der Waals surface area contributed by atoms with Gasteiger partial charge in [-0.15, -0.1) is 5.73 Å². The number of azo groups is 1. The Kier molecular flexibility index (Phi) is 2.30. The average Bonchev–Trinajstić information content (AvgIpc) is 2.44. The lowest BCUT2D eigenvalue weighted by molar-refractivity contribution is 0.869. The van der Waals surface area contributed by atoms with Gasteiger partial charge in [-0.2, -0.15) is 10.2 Å². The molecule has 0 spiro atoms. The molecule has 0 aromatic rings. The van der Waals surface area contributed by atoms with E-state index in [0.717, 1.165) is 11.4 Å². The van der Waals surface area contributed by atoms with Crippen molar-refractivity contribution in [3.8, 4) is 0 Å². The summed E-state index contributed by atoms with van der Waals surface area (Å²) in [6.45, 7) is 4.12. The molecule has 2 nitrogen and oxygen atoms in total. The molecule has 2 aliphatic rings. The fourth-order valence-electron chi connectivity index (χ4n) is 1.60. The summed E-state index contributed by atoms with van der Waals surface area (Å²) in [7, 11) is 0. The van der Waals surface area contributed by atoms with Gasteiger partial charge in [-0.1, -0.05) is 13.0 Å². The molecule has 0 radical (unpaired) electrons. The monoisotopic (exact) mass is 184 g/mol. The molecule has 1 aliphatic carbocycles. The van der Waals surface area contributed by atoms with Crippen LogP contribution in [0, 0.1) is 5.92 Å². The normalized spacial score (nSPS) is 24.4. The number of fused-ring (bicyclic) bond motifs is 1.